The first-order valence-electron chi connectivity index (χ1n) is 10.1. The van der Waals surface area contributed by atoms with Gasteiger partial charge in [0.25, 0.3) is 11.8 Å². The molecule has 6 heteroatoms. The van der Waals surface area contributed by atoms with Crippen LogP contribution in [0.15, 0.2) is 87.9 Å². The molecule has 0 fully saturated rings. The van der Waals surface area contributed by atoms with Crippen molar-refractivity contribution >= 4 is 29.5 Å². The summed E-state index contributed by atoms with van der Waals surface area (Å²) in [6.45, 7) is 1.79. The van der Waals surface area contributed by atoms with Gasteiger partial charge in [0.1, 0.15) is 23.2 Å². The maximum Gasteiger partial charge on any atom is 0.271 e. The van der Waals surface area contributed by atoms with Gasteiger partial charge in [0, 0.05) is 22.7 Å². The molecule has 0 spiro atoms. The van der Waals surface area contributed by atoms with Gasteiger partial charge in [-0.1, -0.05) is 54.1 Å². The highest BCUT2D eigenvalue weighted by Gasteiger charge is 2.35. The summed E-state index contributed by atoms with van der Waals surface area (Å²) < 4.78 is 5.89. The van der Waals surface area contributed by atoms with Crippen LogP contribution in [-0.4, -0.2) is 23.3 Å². The first-order chi connectivity index (χ1) is 15.5. The van der Waals surface area contributed by atoms with E-state index in [1.165, 1.54) is 0 Å². The van der Waals surface area contributed by atoms with Crippen molar-refractivity contribution in [2.75, 3.05) is 6.54 Å². The molecule has 0 saturated heterocycles. The van der Waals surface area contributed by atoms with E-state index in [-0.39, 0.29) is 17.7 Å². The van der Waals surface area contributed by atoms with E-state index in [0.29, 0.717) is 28.5 Å². The largest absolute Gasteiger partial charge is 0.457 e. The highest BCUT2D eigenvalue weighted by Crippen LogP contribution is 2.30. The Labute approximate surface area is 190 Å². The van der Waals surface area contributed by atoms with Gasteiger partial charge in [-0.25, -0.2) is 0 Å². The standard InChI is InChI=1S/C26H19ClN2O3/c1-17-22(15-21-10-11-24(32-21)19-8-5-9-20(27)14-19)25(30)29(26(31)23(17)16-28)13-12-18-6-3-2-4-7-18/h2-11,14-15H,12-13H2,1H3/b22-15+. The molecule has 0 N–H and O–H groups in total. The van der Waals surface area contributed by atoms with Crippen LogP contribution < -0.4 is 0 Å². The lowest BCUT2D eigenvalue weighted by atomic mass is 9.94. The van der Waals surface area contributed by atoms with Crippen LogP contribution in [0.2, 0.25) is 5.02 Å². The molecule has 0 unspecified atom stereocenters. The van der Waals surface area contributed by atoms with E-state index in [4.69, 9.17) is 16.0 Å². The molecule has 2 heterocycles. The number of furan rings is 1. The summed E-state index contributed by atoms with van der Waals surface area (Å²) in [6, 6.07) is 22.3. The predicted molar refractivity (Wildman–Crippen MR) is 122 cm³/mol. The number of carbonyl (C=O) groups excluding carboxylic acids is 2. The molecule has 4 rings (SSSR count). The molecular formula is C26H19ClN2O3. The minimum atomic E-state index is -0.567. The first-order valence-corrected chi connectivity index (χ1v) is 10.4. The summed E-state index contributed by atoms with van der Waals surface area (Å²) >= 11 is 6.06. The fourth-order valence-electron chi connectivity index (χ4n) is 3.59. The van der Waals surface area contributed by atoms with Crippen molar-refractivity contribution in [1.29, 1.82) is 5.26 Å². The molecule has 158 valence electrons. The van der Waals surface area contributed by atoms with Gasteiger partial charge in [-0.2, -0.15) is 5.26 Å². The molecule has 1 aromatic heterocycles. The van der Waals surface area contributed by atoms with Crippen molar-refractivity contribution in [3.63, 3.8) is 0 Å². The minimum Gasteiger partial charge on any atom is -0.457 e. The van der Waals surface area contributed by atoms with E-state index >= 15 is 0 Å². The quantitative estimate of drug-likeness (QED) is 0.389. The monoisotopic (exact) mass is 442 g/mol. The van der Waals surface area contributed by atoms with E-state index in [0.717, 1.165) is 16.0 Å². The Bertz CT molecular complexity index is 1300. The fourth-order valence-corrected chi connectivity index (χ4v) is 3.78. The van der Waals surface area contributed by atoms with Crippen LogP contribution in [0.5, 0.6) is 0 Å². The van der Waals surface area contributed by atoms with Gasteiger partial charge in [0.2, 0.25) is 0 Å². The average Bonchev–Trinajstić information content (AvgIpc) is 3.26. The topological polar surface area (TPSA) is 74.3 Å². The second kappa shape index (κ2) is 9.09. The zero-order valence-electron chi connectivity index (χ0n) is 17.3. The maximum atomic E-state index is 13.2. The minimum absolute atomic E-state index is 0.0365. The lowest BCUT2D eigenvalue weighted by molar-refractivity contribution is -0.140. The molecule has 32 heavy (non-hydrogen) atoms. The number of nitriles is 1. The van der Waals surface area contributed by atoms with Gasteiger partial charge in [0.05, 0.1) is 0 Å². The van der Waals surface area contributed by atoms with Crippen molar-refractivity contribution in [2.24, 2.45) is 0 Å². The summed E-state index contributed by atoms with van der Waals surface area (Å²) in [5.41, 5.74) is 2.38. The number of hydrogen-bond donors (Lipinski definition) is 0. The molecule has 2 aromatic carbocycles. The summed E-state index contributed by atoms with van der Waals surface area (Å²) in [5.74, 6) is 0.0318. The number of hydrogen-bond acceptors (Lipinski definition) is 4. The number of rotatable bonds is 5. The molecule has 3 aromatic rings. The summed E-state index contributed by atoms with van der Waals surface area (Å²) in [7, 11) is 0. The van der Waals surface area contributed by atoms with E-state index in [1.807, 2.05) is 48.5 Å². The number of amides is 2. The van der Waals surface area contributed by atoms with Crippen LogP contribution in [0.4, 0.5) is 0 Å². The number of nitrogens with zero attached hydrogens (tertiary/aromatic N) is 2. The number of carbonyl (C=O) groups is 2. The molecule has 0 bridgehead atoms. The van der Waals surface area contributed by atoms with Crippen LogP contribution in [0, 0.1) is 11.3 Å². The van der Waals surface area contributed by atoms with E-state index < -0.39 is 11.8 Å². The Morgan fingerprint density at radius 2 is 1.81 bits per heavy atom. The number of benzene rings is 2. The Morgan fingerprint density at radius 1 is 1.03 bits per heavy atom. The normalized spacial score (nSPS) is 15.4. The summed E-state index contributed by atoms with van der Waals surface area (Å²) in [5, 5.41) is 10.1. The SMILES string of the molecule is CC1=C(C#N)C(=O)N(CCc2ccccc2)C(=O)/C1=C/c1ccc(-c2cccc(Cl)c2)o1. The summed E-state index contributed by atoms with van der Waals surface area (Å²) in [4.78, 5) is 27.1. The molecule has 2 amide bonds. The zero-order chi connectivity index (χ0) is 22.7. The van der Waals surface area contributed by atoms with Crippen molar-refractivity contribution in [3.05, 3.63) is 99.8 Å². The van der Waals surface area contributed by atoms with E-state index in [9.17, 15) is 14.9 Å². The molecular weight excluding hydrogens is 424 g/mol. The van der Waals surface area contributed by atoms with Gasteiger partial charge in [-0.15, -0.1) is 0 Å². The zero-order valence-corrected chi connectivity index (χ0v) is 18.1. The third kappa shape index (κ3) is 4.27. The van der Waals surface area contributed by atoms with Crippen LogP contribution in [0.25, 0.3) is 17.4 Å². The van der Waals surface area contributed by atoms with Crippen LogP contribution >= 0.6 is 11.6 Å². The second-order valence-electron chi connectivity index (χ2n) is 7.38. The molecule has 0 radical (unpaired) electrons. The van der Waals surface area contributed by atoms with Crippen LogP contribution in [-0.2, 0) is 16.0 Å². The van der Waals surface area contributed by atoms with Crippen molar-refractivity contribution in [3.8, 4) is 17.4 Å². The Hall–Kier alpha value is -3.88. The number of imide groups is 1. The van der Waals surface area contributed by atoms with Crippen molar-refractivity contribution in [1.82, 2.24) is 4.90 Å². The predicted octanol–water partition coefficient (Wildman–Crippen LogP) is 5.43. The average molecular weight is 443 g/mol. The highest BCUT2D eigenvalue weighted by molar-refractivity contribution is 6.30. The van der Waals surface area contributed by atoms with Crippen molar-refractivity contribution < 1.29 is 14.0 Å². The molecule has 0 saturated carbocycles. The van der Waals surface area contributed by atoms with Gasteiger partial charge in [-0.05, 0) is 54.8 Å². The van der Waals surface area contributed by atoms with E-state index in [2.05, 4.69) is 0 Å². The van der Waals surface area contributed by atoms with Gasteiger partial charge in [-0.3, -0.25) is 14.5 Å². The highest BCUT2D eigenvalue weighted by atomic mass is 35.5. The third-order valence-corrected chi connectivity index (χ3v) is 5.55. The third-order valence-electron chi connectivity index (χ3n) is 5.31. The molecule has 0 atom stereocenters. The lowest BCUT2D eigenvalue weighted by Crippen LogP contribution is -2.43. The Balaban J connectivity index is 1.65. The maximum absolute atomic E-state index is 13.2. The van der Waals surface area contributed by atoms with Crippen LogP contribution in [0.3, 0.4) is 0 Å². The first kappa shape index (κ1) is 21.4. The number of halogens is 1. The summed E-state index contributed by atoms with van der Waals surface area (Å²) in [6.07, 6.45) is 2.08. The molecule has 1 aliphatic rings. The van der Waals surface area contributed by atoms with E-state index in [1.54, 1.807) is 37.3 Å². The lowest BCUT2D eigenvalue weighted by Gasteiger charge is -2.27. The fraction of sp³-hybridized carbons (Fsp3) is 0.115. The van der Waals surface area contributed by atoms with Crippen LogP contribution in [0.1, 0.15) is 18.2 Å². The van der Waals surface area contributed by atoms with Gasteiger partial charge in [0.15, 0.2) is 0 Å². The molecule has 5 nitrogen and oxygen atoms in total. The van der Waals surface area contributed by atoms with Gasteiger partial charge >= 0.3 is 0 Å². The molecule has 1 aliphatic heterocycles. The molecule has 0 aliphatic carbocycles. The van der Waals surface area contributed by atoms with Crippen molar-refractivity contribution in [2.45, 2.75) is 13.3 Å². The van der Waals surface area contributed by atoms with Gasteiger partial charge < -0.3 is 4.42 Å². The second-order valence-corrected chi connectivity index (χ2v) is 7.82. The Morgan fingerprint density at radius 3 is 2.53 bits per heavy atom. The Kier molecular flexibility index (Phi) is 6.07. The smallest absolute Gasteiger partial charge is 0.271 e.